The maximum atomic E-state index is 10.7. The molecular weight excluding hydrogens is 246 g/mol. The number of aliphatic carboxylic acids is 2. The van der Waals surface area contributed by atoms with E-state index in [1.54, 1.807) is 0 Å². The number of nitrogens with one attached hydrogen (secondary N) is 1. The zero-order valence-corrected chi connectivity index (χ0v) is 9.68. The van der Waals surface area contributed by atoms with Crippen LogP contribution in [0, 0.1) is 0 Å². The van der Waals surface area contributed by atoms with Gasteiger partial charge in [0.25, 0.3) is 0 Å². The maximum Gasteiger partial charge on any atom is 0.321 e. The zero-order chi connectivity index (χ0) is 12.8. The van der Waals surface area contributed by atoms with E-state index < -0.39 is 18.0 Å². The summed E-state index contributed by atoms with van der Waals surface area (Å²) in [6.45, 7) is 0. The Morgan fingerprint density at radius 3 is 2.71 bits per heavy atom. The van der Waals surface area contributed by atoms with Gasteiger partial charge in [-0.3, -0.25) is 9.59 Å². The third-order valence-electron chi connectivity index (χ3n) is 2.02. The van der Waals surface area contributed by atoms with Crippen LogP contribution in [0.15, 0.2) is 12.5 Å². The molecule has 0 saturated carbocycles. The van der Waals surface area contributed by atoms with Gasteiger partial charge in [0.1, 0.15) is 6.04 Å². The standard InChI is InChI=1S/C9H13N3O4S/c10-5(9(15)16)3-17-7(1-8(13)14)6-2-11-4-12-6/h2,4-5,7H,1,3,10H2,(H,11,12)(H,13,14)(H,15,16)/t5-,7?/m0/s1. The molecule has 1 rings (SSSR count). The van der Waals surface area contributed by atoms with Gasteiger partial charge in [0.15, 0.2) is 0 Å². The van der Waals surface area contributed by atoms with E-state index in [4.69, 9.17) is 15.9 Å². The van der Waals surface area contributed by atoms with Crippen molar-refractivity contribution in [2.75, 3.05) is 5.75 Å². The second-order valence-electron chi connectivity index (χ2n) is 3.37. The monoisotopic (exact) mass is 259 g/mol. The van der Waals surface area contributed by atoms with Crippen LogP contribution >= 0.6 is 11.8 Å². The highest BCUT2D eigenvalue weighted by atomic mass is 32.2. The second kappa shape index (κ2) is 6.26. The molecule has 17 heavy (non-hydrogen) atoms. The molecule has 0 amide bonds. The Balaban J connectivity index is 2.59. The number of hydrogen-bond donors (Lipinski definition) is 4. The first-order chi connectivity index (χ1) is 8.00. The summed E-state index contributed by atoms with van der Waals surface area (Å²) in [6.07, 6.45) is 2.86. The van der Waals surface area contributed by atoms with E-state index in [0.29, 0.717) is 5.69 Å². The number of nitrogens with two attached hydrogens (primary N) is 1. The van der Waals surface area contributed by atoms with Crippen LogP contribution in [0.3, 0.4) is 0 Å². The quantitative estimate of drug-likeness (QED) is 0.545. The van der Waals surface area contributed by atoms with Gasteiger partial charge in [-0.15, -0.1) is 11.8 Å². The Hall–Kier alpha value is -1.54. The van der Waals surface area contributed by atoms with Crippen molar-refractivity contribution in [3.63, 3.8) is 0 Å². The summed E-state index contributed by atoms with van der Waals surface area (Å²) >= 11 is 1.19. The number of aromatic amines is 1. The SMILES string of the molecule is N[C@@H](CSC(CC(=O)O)c1cnc[nH]1)C(=O)O. The van der Waals surface area contributed by atoms with Crippen molar-refractivity contribution in [2.45, 2.75) is 17.7 Å². The molecule has 1 aromatic rings. The van der Waals surface area contributed by atoms with E-state index in [1.807, 2.05) is 0 Å². The van der Waals surface area contributed by atoms with E-state index in [2.05, 4.69) is 9.97 Å². The van der Waals surface area contributed by atoms with Crippen LogP contribution in [0.1, 0.15) is 17.4 Å². The molecule has 0 aliphatic rings. The van der Waals surface area contributed by atoms with Crippen molar-refractivity contribution in [1.82, 2.24) is 9.97 Å². The fourth-order valence-corrected chi connectivity index (χ4v) is 2.30. The number of rotatable bonds is 7. The summed E-state index contributed by atoms with van der Waals surface area (Å²) in [5.74, 6) is -1.91. The van der Waals surface area contributed by atoms with Crippen LogP contribution < -0.4 is 5.73 Å². The van der Waals surface area contributed by atoms with Crippen LogP contribution in [0.25, 0.3) is 0 Å². The van der Waals surface area contributed by atoms with Gasteiger partial charge in [0, 0.05) is 17.6 Å². The largest absolute Gasteiger partial charge is 0.481 e. The van der Waals surface area contributed by atoms with Gasteiger partial charge >= 0.3 is 11.9 Å². The molecule has 1 aromatic heterocycles. The minimum atomic E-state index is -1.10. The van der Waals surface area contributed by atoms with Crippen LogP contribution in [0.5, 0.6) is 0 Å². The second-order valence-corrected chi connectivity index (χ2v) is 4.61. The lowest BCUT2D eigenvalue weighted by Crippen LogP contribution is -2.32. The molecule has 7 nitrogen and oxygen atoms in total. The zero-order valence-electron chi connectivity index (χ0n) is 8.87. The van der Waals surface area contributed by atoms with Crippen molar-refractivity contribution in [2.24, 2.45) is 5.73 Å². The molecule has 0 fully saturated rings. The van der Waals surface area contributed by atoms with Crippen molar-refractivity contribution < 1.29 is 19.8 Å². The van der Waals surface area contributed by atoms with Crippen LogP contribution in [0.4, 0.5) is 0 Å². The predicted molar refractivity (Wildman–Crippen MR) is 61.7 cm³/mol. The average molecular weight is 259 g/mol. The number of carboxylic acid groups (broad SMARTS) is 2. The molecular formula is C9H13N3O4S. The molecule has 1 heterocycles. The number of hydrogen-bond acceptors (Lipinski definition) is 5. The van der Waals surface area contributed by atoms with Crippen molar-refractivity contribution in [1.29, 1.82) is 0 Å². The topological polar surface area (TPSA) is 129 Å². The van der Waals surface area contributed by atoms with Crippen molar-refractivity contribution in [3.05, 3.63) is 18.2 Å². The lowest BCUT2D eigenvalue weighted by molar-refractivity contribution is -0.138. The first-order valence-electron chi connectivity index (χ1n) is 4.80. The predicted octanol–water partition coefficient (Wildman–Crippen LogP) is 0.0706. The number of carboxylic acids is 2. The number of carbonyl (C=O) groups is 2. The Morgan fingerprint density at radius 2 is 2.24 bits per heavy atom. The van der Waals surface area contributed by atoms with Crippen molar-refractivity contribution >= 4 is 23.7 Å². The van der Waals surface area contributed by atoms with Gasteiger partial charge in [-0.2, -0.15) is 0 Å². The smallest absolute Gasteiger partial charge is 0.321 e. The Labute approximate surface area is 101 Å². The van der Waals surface area contributed by atoms with Crippen LogP contribution in [-0.2, 0) is 9.59 Å². The molecule has 2 atom stereocenters. The molecule has 0 saturated heterocycles. The van der Waals surface area contributed by atoms with Gasteiger partial charge in [0.05, 0.1) is 18.0 Å². The summed E-state index contributed by atoms with van der Waals surface area (Å²) in [4.78, 5) is 27.8. The van der Waals surface area contributed by atoms with E-state index in [9.17, 15) is 9.59 Å². The number of thioether (sulfide) groups is 1. The summed E-state index contributed by atoms with van der Waals surface area (Å²) < 4.78 is 0. The van der Waals surface area contributed by atoms with Crippen molar-refractivity contribution in [3.8, 4) is 0 Å². The Morgan fingerprint density at radius 1 is 1.53 bits per heavy atom. The highest BCUT2D eigenvalue weighted by Gasteiger charge is 2.20. The summed E-state index contributed by atoms with van der Waals surface area (Å²) in [7, 11) is 0. The minimum Gasteiger partial charge on any atom is -0.481 e. The number of imidazole rings is 1. The van der Waals surface area contributed by atoms with E-state index in [-0.39, 0.29) is 17.4 Å². The highest BCUT2D eigenvalue weighted by Crippen LogP contribution is 2.30. The van der Waals surface area contributed by atoms with E-state index in [0.717, 1.165) is 0 Å². The molecule has 8 heteroatoms. The summed E-state index contributed by atoms with van der Waals surface area (Å²) in [5.41, 5.74) is 6.00. The first-order valence-corrected chi connectivity index (χ1v) is 5.85. The van der Waals surface area contributed by atoms with Gasteiger partial charge in [0.2, 0.25) is 0 Å². The number of H-pyrrole nitrogens is 1. The Bertz CT molecular complexity index is 382. The molecule has 0 bridgehead atoms. The molecule has 0 aliphatic carbocycles. The van der Waals surface area contributed by atoms with Crippen LogP contribution in [0.2, 0.25) is 0 Å². The van der Waals surface area contributed by atoms with Gasteiger partial charge < -0.3 is 20.9 Å². The van der Waals surface area contributed by atoms with Gasteiger partial charge in [-0.05, 0) is 0 Å². The summed E-state index contributed by atoms with van der Waals surface area (Å²) in [5, 5.41) is 17.0. The number of nitrogens with zero attached hydrogens (tertiary/aromatic N) is 1. The number of aromatic nitrogens is 2. The van der Waals surface area contributed by atoms with Gasteiger partial charge in [-0.1, -0.05) is 0 Å². The average Bonchev–Trinajstić information content (AvgIpc) is 2.76. The lowest BCUT2D eigenvalue weighted by atomic mass is 10.2. The van der Waals surface area contributed by atoms with Crippen LogP contribution in [-0.4, -0.2) is 43.9 Å². The molecule has 0 aromatic carbocycles. The third kappa shape index (κ3) is 4.45. The lowest BCUT2D eigenvalue weighted by Gasteiger charge is -2.14. The third-order valence-corrected chi connectivity index (χ3v) is 3.39. The first kappa shape index (κ1) is 13.5. The molecule has 5 N–H and O–H groups in total. The van der Waals surface area contributed by atoms with Gasteiger partial charge in [-0.25, -0.2) is 4.98 Å². The maximum absolute atomic E-state index is 10.7. The molecule has 0 aliphatic heterocycles. The molecule has 94 valence electrons. The van der Waals surface area contributed by atoms with E-state index in [1.165, 1.54) is 24.3 Å². The summed E-state index contributed by atoms with van der Waals surface area (Å²) in [6, 6.07) is -1.00. The molecule has 1 unspecified atom stereocenters. The fraction of sp³-hybridized carbons (Fsp3) is 0.444. The fourth-order valence-electron chi connectivity index (χ4n) is 1.15. The minimum absolute atomic E-state index is 0.112. The van der Waals surface area contributed by atoms with E-state index >= 15 is 0 Å². The highest BCUT2D eigenvalue weighted by molar-refractivity contribution is 7.99. The molecule has 0 radical (unpaired) electrons. The Kier molecular flexibility index (Phi) is 4.98. The molecule has 0 spiro atoms. The normalized spacial score (nSPS) is 14.2.